The van der Waals surface area contributed by atoms with Gasteiger partial charge in [0.1, 0.15) is 5.75 Å². The van der Waals surface area contributed by atoms with Gasteiger partial charge >= 0.3 is 0 Å². The smallest absolute Gasteiger partial charge is 0.253 e. The molecule has 0 saturated carbocycles. The number of nitrogens with zero attached hydrogens (tertiary/aromatic N) is 1. The second-order valence-electron chi connectivity index (χ2n) is 3.59. The lowest BCUT2D eigenvalue weighted by molar-refractivity contribution is 0.0756. The number of carbonyl (C=O) groups excluding carboxylic acids is 1. The summed E-state index contributed by atoms with van der Waals surface area (Å²) in [6.45, 7) is 1.85. The Labute approximate surface area is 105 Å². The van der Waals surface area contributed by atoms with Gasteiger partial charge in [-0.1, -0.05) is 11.6 Å². The van der Waals surface area contributed by atoms with Crippen LogP contribution >= 0.6 is 23.2 Å². The minimum absolute atomic E-state index is 0.0359. The Hall–Kier alpha value is -0.930. The van der Waals surface area contributed by atoms with Crippen molar-refractivity contribution in [3.05, 3.63) is 28.8 Å². The quantitative estimate of drug-likeness (QED) is 0.851. The van der Waals surface area contributed by atoms with E-state index in [4.69, 9.17) is 23.2 Å². The van der Waals surface area contributed by atoms with Crippen LogP contribution in [0.1, 0.15) is 17.3 Å². The summed E-state index contributed by atoms with van der Waals surface area (Å²) in [6, 6.07) is 4.31. The standard InChI is InChI=1S/C11H13Cl2NO2/c1-7(6-12)14(2)11(16)8-3-4-10(15)9(13)5-8/h3-5,7,15H,6H2,1-2H3. The Morgan fingerprint density at radius 2 is 2.19 bits per heavy atom. The van der Waals surface area contributed by atoms with Crippen LogP contribution in [0.5, 0.6) is 5.75 Å². The molecule has 0 radical (unpaired) electrons. The molecule has 0 aliphatic carbocycles. The number of rotatable bonds is 3. The second kappa shape index (κ2) is 5.41. The number of phenols is 1. The fourth-order valence-electron chi connectivity index (χ4n) is 1.15. The van der Waals surface area contributed by atoms with Gasteiger partial charge in [-0.2, -0.15) is 0 Å². The van der Waals surface area contributed by atoms with Crippen molar-refractivity contribution >= 4 is 29.1 Å². The Bertz CT molecular complexity index is 396. The maximum absolute atomic E-state index is 11.9. The summed E-state index contributed by atoms with van der Waals surface area (Å²) >= 11 is 11.4. The molecule has 16 heavy (non-hydrogen) atoms. The summed E-state index contributed by atoms with van der Waals surface area (Å²) in [5, 5.41) is 9.41. The van der Waals surface area contributed by atoms with Crippen LogP contribution in [-0.2, 0) is 0 Å². The molecular weight excluding hydrogens is 249 g/mol. The first kappa shape index (κ1) is 13.1. The molecule has 0 aromatic heterocycles. The first-order valence-electron chi connectivity index (χ1n) is 4.79. The van der Waals surface area contributed by atoms with E-state index >= 15 is 0 Å². The van der Waals surface area contributed by atoms with Crippen molar-refractivity contribution in [2.75, 3.05) is 12.9 Å². The first-order chi connectivity index (χ1) is 7.47. The molecule has 0 aliphatic rings. The zero-order chi connectivity index (χ0) is 12.3. The summed E-state index contributed by atoms with van der Waals surface area (Å²) < 4.78 is 0. The predicted octanol–water partition coefficient (Wildman–Crippen LogP) is 2.74. The second-order valence-corrected chi connectivity index (χ2v) is 4.30. The number of aromatic hydroxyl groups is 1. The van der Waals surface area contributed by atoms with Gasteiger partial charge in [0.15, 0.2) is 0 Å². The third-order valence-electron chi connectivity index (χ3n) is 2.40. The molecule has 3 nitrogen and oxygen atoms in total. The molecule has 1 aromatic rings. The predicted molar refractivity (Wildman–Crippen MR) is 65.4 cm³/mol. The molecule has 0 fully saturated rings. The van der Waals surface area contributed by atoms with Crippen molar-refractivity contribution in [2.24, 2.45) is 0 Å². The highest BCUT2D eigenvalue weighted by Crippen LogP contribution is 2.24. The van der Waals surface area contributed by atoms with Crippen LogP contribution in [0.3, 0.4) is 0 Å². The molecule has 1 unspecified atom stereocenters. The Kier molecular flexibility index (Phi) is 4.44. The fourth-order valence-corrected chi connectivity index (χ4v) is 1.53. The minimum atomic E-state index is -0.171. The van der Waals surface area contributed by atoms with Gasteiger partial charge in [0.25, 0.3) is 5.91 Å². The third-order valence-corrected chi connectivity index (χ3v) is 3.15. The molecular formula is C11H13Cl2NO2. The first-order valence-corrected chi connectivity index (χ1v) is 5.70. The number of hydrogen-bond acceptors (Lipinski definition) is 2. The normalized spacial score (nSPS) is 12.2. The molecule has 1 N–H and O–H groups in total. The fraction of sp³-hybridized carbons (Fsp3) is 0.364. The van der Waals surface area contributed by atoms with Gasteiger partial charge in [-0.25, -0.2) is 0 Å². The monoisotopic (exact) mass is 261 g/mol. The molecule has 0 bridgehead atoms. The number of halogens is 2. The van der Waals surface area contributed by atoms with Crippen LogP contribution in [0.4, 0.5) is 0 Å². The highest BCUT2D eigenvalue weighted by molar-refractivity contribution is 6.32. The van der Waals surface area contributed by atoms with E-state index in [1.54, 1.807) is 7.05 Å². The average molecular weight is 262 g/mol. The van der Waals surface area contributed by atoms with Gasteiger partial charge in [-0.05, 0) is 25.1 Å². The van der Waals surface area contributed by atoms with Crippen LogP contribution < -0.4 is 0 Å². The van der Waals surface area contributed by atoms with Crippen molar-refractivity contribution in [1.82, 2.24) is 4.90 Å². The lowest BCUT2D eigenvalue weighted by Crippen LogP contribution is -2.36. The van der Waals surface area contributed by atoms with Crippen LogP contribution in [0, 0.1) is 0 Å². The number of alkyl halides is 1. The summed E-state index contributed by atoms with van der Waals surface area (Å²) in [7, 11) is 1.68. The topological polar surface area (TPSA) is 40.5 Å². The molecule has 88 valence electrons. The van der Waals surface area contributed by atoms with Gasteiger partial charge in [-0.3, -0.25) is 4.79 Å². The Morgan fingerprint density at radius 1 is 1.56 bits per heavy atom. The van der Waals surface area contributed by atoms with E-state index in [1.165, 1.54) is 23.1 Å². The van der Waals surface area contributed by atoms with E-state index in [0.29, 0.717) is 11.4 Å². The molecule has 0 heterocycles. The molecule has 0 saturated heterocycles. The molecule has 1 rings (SSSR count). The lowest BCUT2D eigenvalue weighted by Gasteiger charge is -2.23. The van der Waals surface area contributed by atoms with Crippen molar-refractivity contribution in [3.8, 4) is 5.75 Å². The Morgan fingerprint density at radius 3 is 2.69 bits per heavy atom. The summed E-state index contributed by atoms with van der Waals surface area (Å²) in [6.07, 6.45) is 0. The van der Waals surface area contributed by atoms with E-state index in [2.05, 4.69) is 0 Å². The lowest BCUT2D eigenvalue weighted by atomic mass is 10.1. The number of amides is 1. The van der Waals surface area contributed by atoms with Crippen LogP contribution in [0.25, 0.3) is 0 Å². The maximum atomic E-state index is 11.9. The van der Waals surface area contributed by atoms with Crippen molar-refractivity contribution in [3.63, 3.8) is 0 Å². The van der Waals surface area contributed by atoms with E-state index in [-0.39, 0.29) is 22.7 Å². The van der Waals surface area contributed by atoms with E-state index < -0.39 is 0 Å². The van der Waals surface area contributed by atoms with Gasteiger partial charge in [0.2, 0.25) is 0 Å². The molecule has 0 spiro atoms. The number of benzene rings is 1. The van der Waals surface area contributed by atoms with Crippen LogP contribution in [0.15, 0.2) is 18.2 Å². The highest BCUT2D eigenvalue weighted by atomic mass is 35.5. The zero-order valence-electron chi connectivity index (χ0n) is 9.08. The van der Waals surface area contributed by atoms with Crippen molar-refractivity contribution < 1.29 is 9.90 Å². The van der Waals surface area contributed by atoms with Gasteiger partial charge < -0.3 is 10.0 Å². The minimum Gasteiger partial charge on any atom is -0.506 e. The molecule has 5 heteroatoms. The summed E-state index contributed by atoms with van der Waals surface area (Å²) in [5.74, 6) is 0.162. The van der Waals surface area contributed by atoms with Gasteiger partial charge in [-0.15, -0.1) is 11.6 Å². The van der Waals surface area contributed by atoms with Crippen LogP contribution in [0.2, 0.25) is 5.02 Å². The van der Waals surface area contributed by atoms with Crippen molar-refractivity contribution in [2.45, 2.75) is 13.0 Å². The van der Waals surface area contributed by atoms with Crippen molar-refractivity contribution in [1.29, 1.82) is 0 Å². The van der Waals surface area contributed by atoms with Gasteiger partial charge in [0, 0.05) is 24.5 Å². The molecule has 1 amide bonds. The molecule has 1 aromatic carbocycles. The molecule has 0 aliphatic heterocycles. The third kappa shape index (κ3) is 2.80. The summed E-state index contributed by atoms with van der Waals surface area (Å²) in [4.78, 5) is 13.5. The van der Waals surface area contributed by atoms with E-state index in [0.717, 1.165) is 0 Å². The Balaban J connectivity index is 2.92. The van der Waals surface area contributed by atoms with Gasteiger partial charge in [0.05, 0.1) is 5.02 Å². The highest BCUT2D eigenvalue weighted by Gasteiger charge is 2.17. The van der Waals surface area contributed by atoms with E-state index in [9.17, 15) is 9.90 Å². The number of phenolic OH excluding ortho intramolecular Hbond substituents is 1. The zero-order valence-corrected chi connectivity index (χ0v) is 10.6. The maximum Gasteiger partial charge on any atom is 0.253 e. The average Bonchev–Trinajstić information content (AvgIpc) is 2.29. The van der Waals surface area contributed by atoms with Crippen LogP contribution in [-0.4, -0.2) is 34.9 Å². The largest absolute Gasteiger partial charge is 0.506 e. The molecule has 1 atom stereocenters. The van der Waals surface area contributed by atoms with E-state index in [1.807, 2.05) is 6.92 Å². The number of carbonyl (C=O) groups is 1. The number of hydrogen-bond donors (Lipinski definition) is 1. The SMILES string of the molecule is CC(CCl)N(C)C(=O)c1ccc(O)c(Cl)c1. The summed E-state index contributed by atoms with van der Waals surface area (Å²) in [5.41, 5.74) is 0.433.